The van der Waals surface area contributed by atoms with E-state index >= 15 is 0 Å². The largest absolute Gasteiger partial charge is 0.493 e. The van der Waals surface area contributed by atoms with E-state index in [0.29, 0.717) is 11.5 Å². The normalized spacial score (nSPS) is 11.9. The van der Waals surface area contributed by atoms with Crippen LogP contribution in [-0.2, 0) is 0 Å². The SMILES string of the molecule is COc1ccc(C(N)c2ccc(N(C)C)cc2)cc1OC. The molecule has 4 heteroatoms. The second-order valence-corrected chi connectivity index (χ2v) is 5.08. The van der Waals surface area contributed by atoms with E-state index in [-0.39, 0.29) is 6.04 Å². The Kier molecular flexibility index (Phi) is 4.70. The smallest absolute Gasteiger partial charge is 0.161 e. The first-order valence-electron chi connectivity index (χ1n) is 6.81. The topological polar surface area (TPSA) is 47.7 Å². The molecule has 1 atom stereocenters. The van der Waals surface area contributed by atoms with Crippen molar-refractivity contribution in [3.05, 3.63) is 53.6 Å². The summed E-state index contributed by atoms with van der Waals surface area (Å²) in [5.74, 6) is 1.40. The molecule has 0 heterocycles. The zero-order valence-corrected chi connectivity index (χ0v) is 13.0. The lowest BCUT2D eigenvalue weighted by molar-refractivity contribution is 0.354. The minimum absolute atomic E-state index is 0.194. The van der Waals surface area contributed by atoms with Crippen LogP contribution in [0.2, 0.25) is 0 Å². The van der Waals surface area contributed by atoms with E-state index in [1.165, 1.54) is 0 Å². The number of anilines is 1. The second-order valence-electron chi connectivity index (χ2n) is 5.08. The van der Waals surface area contributed by atoms with Crippen molar-refractivity contribution in [1.29, 1.82) is 0 Å². The average molecular weight is 286 g/mol. The van der Waals surface area contributed by atoms with Crippen molar-refractivity contribution in [1.82, 2.24) is 0 Å². The molecule has 1 unspecified atom stereocenters. The van der Waals surface area contributed by atoms with Gasteiger partial charge in [0.25, 0.3) is 0 Å². The second kappa shape index (κ2) is 6.50. The molecule has 0 amide bonds. The molecule has 4 nitrogen and oxygen atoms in total. The van der Waals surface area contributed by atoms with Crippen LogP contribution in [0.4, 0.5) is 5.69 Å². The molecule has 21 heavy (non-hydrogen) atoms. The van der Waals surface area contributed by atoms with Crippen molar-refractivity contribution in [2.75, 3.05) is 33.2 Å². The third kappa shape index (κ3) is 3.28. The van der Waals surface area contributed by atoms with E-state index in [9.17, 15) is 0 Å². The molecule has 0 aliphatic heterocycles. The van der Waals surface area contributed by atoms with Crippen LogP contribution in [0.25, 0.3) is 0 Å². The van der Waals surface area contributed by atoms with Gasteiger partial charge in [-0.25, -0.2) is 0 Å². The number of hydrogen-bond donors (Lipinski definition) is 1. The highest BCUT2D eigenvalue weighted by atomic mass is 16.5. The van der Waals surface area contributed by atoms with Gasteiger partial charge in [0.15, 0.2) is 11.5 Å². The predicted molar refractivity (Wildman–Crippen MR) is 86.3 cm³/mol. The van der Waals surface area contributed by atoms with Crippen LogP contribution < -0.4 is 20.1 Å². The Balaban J connectivity index is 2.28. The Morgan fingerprint density at radius 1 is 0.857 bits per heavy atom. The highest BCUT2D eigenvalue weighted by Gasteiger charge is 2.12. The number of hydrogen-bond acceptors (Lipinski definition) is 4. The average Bonchev–Trinajstić information content (AvgIpc) is 2.53. The quantitative estimate of drug-likeness (QED) is 0.918. The third-order valence-corrected chi connectivity index (χ3v) is 3.54. The van der Waals surface area contributed by atoms with Gasteiger partial charge in [0, 0.05) is 19.8 Å². The van der Waals surface area contributed by atoms with Crippen LogP contribution in [0.15, 0.2) is 42.5 Å². The van der Waals surface area contributed by atoms with Crippen molar-refractivity contribution in [3.8, 4) is 11.5 Å². The minimum atomic E-state index is -0.194. The van der Waals surface area contributed by atoms with Crippen LogP contribution in [0.3, 0.4) is 0 Å². The standard InChI is InChI=1S/C17H22N2O2/c1-19(2)14-8-5-12(6-9-14)17(18)13-7-10-15(20-3)16(11-13)21-4/h5-11,17H,18H2,1-4H3. The first kappa shape index (κ1) is 15.2. The molecule has 2 N–H and O–H groups in total. The molecule has 112 valence electrons. The Labute approximate surface area is 126 Å². The number of rotatable bonds is 5. The van der Waals surface area contributed by atoms with Crippen LogP contribution in [-0.4, -0.2) is 28.3 Å². The van der Waals surface area contributed by atoms with Crippen LogP contribution in [0.1, 0.15) is 17.2 Å². The van der Waals surface area contributed by atoms with Gasteiger partial charge in [0.1, 0.15) is 0 Å². The van der Waals surface area contributed by atoms with Crippen molar-refractivity contribution in [3.63, 3.8) is 0 Å². The lowest BCUT2D eigenvalue weighted by Crippen LogP contribution is -2.13. The highest BCUT2D eigenvalue weighted by Crippen LogP contribution is 2.31. The maximum atomic E-state index is 6.35. The molecule has 0 radical (unpaired) electrons. The van der Waals surface area contributed by atoms with Gasteiger partial charge < -0.3 is 20.1 Å². The summed E-state index contributed by atoms with van der Waals surface area (Å²) in [4.78, 5) is 2.06. The minimum Gasteiger partial charge on any atom is -0.493 e. The maximum absolute atomic E-state index is 6.35. The van der Waals surface area contributed by atoms with Crippen molar-refractivity contribution < 1.29 is 9.47 Å². The summed E-state index contributed by atoms with van der Waals surface area (Å²) in [6.07, 6.45) is 0. The van der Waals surface area contributed by atoms with E-state index in [2.05, 4.69) is 29.2 Å². The molecule has 0 fully saturated rings. The van der Waals surface area contributed by atoms with Crippen molar-refractivity contribution in [2.24, 2.45) is 5.73 Å². The molecule has 0 aromatic heterocycles. The van der Waals surface area contributed by atoms with E-state index in [0.717, 1.165) is 16.8 Å². The fourth-order valence-electron chi connectivity index (χ4n) is 2.22. The Hall–Kier alpha value is -2.20. The van der Waals surface area contributed by atoms with Gasteiger partial charge in [-0.2, -0.15) is 0 Å². The third-order valence-electron chi connectivity index (χ3n) is 3.54. The molecule has 0 spiro atoms. The first-order valence-corrected chi connectivity index (χ1v) is 6.81. The van der Waals surface area contributed by atoms with Gasteiger partial charge in [-0.05, 0) is 35.4 Å². The molecule has 0 saturated carbocycles. The molecule has 2 rings (SSSR count). The van der Waals surface area contributed by atoms with Gasteiger partial charge >= 0.3 is 0 Å². The van der Waals surface area contributed by atoms with Gasteiger partial charge in [0.2, 0.25) is 0 Å². The highest BCUT2D eigenvalue weighted by molar-refractivity contribution is 5.49. The molecule has 2 aromatic rings. The van der Waals surface area contributed by atoms with Gasteiger partial charge in [-0.1, -0.05) is 18.2 Å². The van der Waals surface area contributed by atoms with Crippen LogP contribution in [0.5, 0.6) is 11.5 Å². The maximum Gasteiger partial charge on any atom is 0.161 e. The first-order chi connectivity index (χ1) is 10.1. The van der Waals surface area contributed by atoms with Crippen LogP contribution in [0, 0.1) is 0 Å². The van der Waals surface area contributed by atoms with Gasteiger partial charge in [-0.3, -0.25) is 0 Å². The summed E-state index contributed by atoms with van der Waals surface area (Å²) in [7, 11) is 7.28. The summed E-state index contributed by atoms with van der Waals surface area (Å²) in [5, 5.41) is 0. The lowest BCUT2D eigenvalue weighted by atomic mass is 9.99. The van der Waals surface area contributed by atoms with Gasteiger partial charge in [-0.15, -0.1) is 0 Å². The summed E-state index contributed by atoms with van der Waals surface area (Å²) in [6.45, 7) is 0. The zero-order valence-electron chi connectivity index (χ0n) is 13.0. The Morgan fingerprint density at radius 3 is 1.95 bits per heavy atom. The molecule has 0 saturated heterocycles. The summed E-state index contributed by atoms with van der Waals surface area (Å²) in [6, 6.07) is 13.8. The molecular formula is C17H22N2O2. The number of benzene rings is 2. The van der Waals surface area contributed by atoms with Crippen LogP contribution >= 0.6 is 0 Å². The summed E-state index contributed by atoms with van der Waals surface area (Å²) >= 11 is 0. The Bertz CT molecular complexity index is 594. The molecule has 0 aliphatic rings. The van der Waals surface area contributed by atoms with E-state index in [4.69, 9.17) is 15.2 Å². The lowest BCUT2D eigenvalue weighted by Gasteiger charge is -2.17. The summed E-state index contributed by atoms with van der Waals surface area (Å²) in [5.41, 5.74) is 9.55. The predicted octanol–water partition coefficient (Wildman–Crippen LogP) is 2.82. The number of ether oxygens (including phenoxy) is 2. The van der Waals surface area contributed by atoms with Crippen molar-refractivity contribution in [2.45, 2.75) is 6.04 Å². The number of nitrogens with zero attached hydrogens (tertiary/aromatic N) is 1. The van der Waals surface area contributed by atoms with E-state index in [1.807, 2.05) is 32.3 Å². The fourth-order valence-corrected chi connectivity index (χ4v) is 2.22. The number of methoxy groups -OCH3 is 2. The molecular weight excluding hydrogens is 264 g/mol. The molecule has 2 aromatic carbocycles. The summed E-state index contributed by atoms with van der Waals surface area (Å²) < 4.78 is 10.6. The number of nitrogens with two attached hydrogens (primary N) is 1. The van der Waals surface area contributed by atoms with Gasteiger partial charge in [0.05, 0.1) is 20.3 Å². The molecule has 0 bridgehead atoms. The van der Waals surface area contributed by atoms with Crippen molar-refractivity contribution >= 4 is 5.69 Å². The fraction of sp³-hybridized carbons (Fsp3) is 0.294. The molecule has 0 aliphatic carbocycles. The monoisotopic (exact) mass is 286 g/mol. The zero-order chi connectivity index (χ0) is 15.4. The van der Waals surface area contributed by atoms with E-state index < -0.39 is 0 Å². The Morgan fingerprint density at radius 2 is 1.43 bits per heavy atom. The van der Waals surface area contributed by atoms with E-state index in [1.54, 1.807) is 14.2 Å².